The van der Waals surface area contributed by atoms with E-state index in [1.807, 2.05) is 36.4 Å². The van der Waals surface area contributed by atoms with Crippen LogP contribution in [0.15, 0.2) is 91.0 Å². The average molecular weight is 473 g/mol. The second-order valence-electron chi connectivity index (χ2n) is 9.53. The lowest BCUT2D eigenvalue weighted by Crippen LogP contribution is -2.15. The first-order valence-electron chi connectivity index (χ1n) is 11.7. The van der Waals surface area contributed by atoms with Crippen LogP contribution in [0.3, 0.4) is 0 Å². The molecule has 5 heteroatoms. The number of rotatable bonds is 2. The zero-order valence-electron chi connectivity index (χ0n) is 19.3. The van der Waals surface area contributed by atoms with E-state index < -0.39 is 0 Å². The molecule has 168 valence electrons. The molecule has 0 aliphatic heterocycles. The molecule has 1 aliphatic rings. The first kappa shape index (κ1) is 20.4. The van der Waals surface area contributed by atoms with Gasteiger partial charge in [0.2, 0.25) is 11.2 Å². The molecule has 0 atom stereocenters. The Morgan fingerprint density at radius 1 is 0.657 bits per heavy atom. The Bertz CT molecular complexity index is 1780. The molecular weight excluding hydrogens is 452 g/mol. The Morgan fingerprint density at radius 3 is 2.26 bits per heavy atom. The number of nitrogens with zero attached hydrogens (tertiary/aromatic N) is 4. The highest BCUT2D eigenvalue weighted by Crippen LogP contribution is 2.50. The van der Waals surface area contributed by atoms with Crippen LogP contribution in [-0.4, -0.2) is 19.5 Å². The zero-order valence-corrected chi connectivity index (χ0v) is 20.1. The largest absolute Gasteiger partial charge is 0.278 e. The quantitative estimate of drug-likeness (QED) is 0.260. The standard InChI is InChI=1S/C30H21ClN4/c1-30(2)23-14-8-6-12-19(23)21-16-22-20-13-7-9-15-25(20)35(26(22)17-24(21)30)29-33-27(32-28(31)34-29)18-10-4-3-5-11-18/h3-17H,1-2H3. The summed E-state index contributed by atoms with van der Waals surface area (Å²) in [7, 11) is 0. The van der Waals surface area contributed by atoms with Crippen molar-refractivity contribution in [1.29, 1.82) is 0 Å². The van der Waals surface area contributed by atoms with E-state index in [1.54, 1.807) is 0 Å². The van der Waals surface area contributed by atoms with E-state index in [9.17, 15) is 0 Å². The number of para-hydroxylation sites is 1. The third-order valence-electron chi connectivity index (χ3n) is 7.20. The minimum absolute atomic E-state index is 0.104. The molecule has 2 heterocycles. The van der Waals surface area contributed by atoms with Crippen molar-refractivity contribution in [1.82, 2.24) is 19.5 Å². The second kappa shape index (κ2) is 7.24. The van der Waals surface area contributed by atoms with E-state index >= 15 is 0 Å². The van der Waals surface area contributed by atoms with Crippen molar-refractivity contribution in [2.24, 2.45) is 0 Å². The van der Waals surface area contributed by atoms with Gasteiger partial charge in [-0.05, 0) is 52.1 Å². The van der Waals surface area contributed by atoms with Crippen LogP contribution in [0.1, 0.15) is 25.0 Å². The summed E-state index contributed by atoms with van der Waals surface area (Å²) in [5.41, 5.74) is 8.15. The predicted molar refractivity (Wildman–Crippen MR) is 142 cm³/mol. The smallest absolute Gasteiger partial charge is 0.239 e. The fourth-order valence-electron chi connectivity index (χ4n) is 5.53. The Kier molecular flexibility index (Phi) is 4.21. The van der Waals surface area contributed by atoms with E-state index in [2.05, 4.69) is 83.0 Å². The molecule has 2 aromatic heterocycles. The van der Waals surface area contributed by atoms with Crippen LogP contribution in [-0.2, 0) is 5.41 Å². The molecule has 4 aromatic carbocycles. The molecular formula is C30H21ClN4. The molecule has 0 unspecified atom stereocenters. The summed E-state index contributed by atoms with van der Waals surface area (Å²) in [5, 5.41) is 2.50. The molecule has 0 N–H and O–H groups in total. The van der Waals surface area contributed by atoms with Crippen LogP contribution < -0.4 is 0 Å². The first-order chi connectivity index (χ1) is 17.0. The monoisotopic (exact) mass is 472 g/mol. The maximum atomic E-state index is 6.44. The summed E-state index contributed by atoms with van der Waals surface area (Å²) >= 11 is 6.44. The molecule has 0 bridgehead atoms. The summed E-state index contributed by atoms with van der Waals surface area (Å²) in [4.78, 5) is 13.9. The van der Waals surface area contributed by atoms with Gasteiger partial charge in [-0.1, -0.05) is 86.6 Å². The molecule has 0 fully saturated rings. The van der Waals surface area contributed by atoms with Gasteiger partial charge in [-0.2, -0.15) is 15.0 Å². The van der Waals surface area contributed by atoms with Gasteiger partial charge in [0.15, 0.2) is 5.82 Å². The second-order valence-corrected chi connectivity index (χ2v) is 9.87. The summed E-state index contributed by atoms with van der Waals surface area (Å²) in [6.45, 7) is 4.59. The number of fused-ring (bicyclic) bond motifs is 6. The van der Waals surface area contributed by atoms with Gasteiger partial charge in [-0.3, -0.25) is 4.57 Å². The van der Waals surface area contributed by atoms with Crippen molar-refractivity contribution in [2.45, 2.75) is 19.3 Å². The molecule has 0 radical (unpaired) electrons. The Balaban J connectivity index is 1.57. The van der Waals surface area contributed by atoms with Gasteiger partial charge >= 0.3 is 0 Å². The normalized spacial score (nSPS) is 13.8. The highest BCUT2D eigenvalue weighted by Gasteiger charge is 2.36. The third-order valence-corrected chi connectivity index (χ3v) is 7.37. The first-order valence-corrected chi connectivity index (χ1v) is 12.0. The molecule has 6 aromatic rings. The van der Waals surface area contributed by atoms with E-state index in [0.717, 1.165) is 22.0 Å². The highest BCUT2D eigenvalue weighted by atomic mass is 35.5. The van der Waals surface area contributed by atoms with Crippen molar-refractivity contribution in [2.75, 3.05) is 0 Å². The molecule has 35 heavy (non-hydrogen) atoms. The molecule has 0 spiro atoms. The summed E-state index contributed by atoms with van der Waals surface area (Å²) in [5.74, 6) is 1.07. The number of hydrogen-bond donors (Lipinski definition) is 0. The molecule has 4 nitrogen and oxygen atoms in total. The summed E-state index contributed by atoms with van der Waals surface area (Å²) in [6, 6.07) is 31.6. The van der Waals surface area contributed by atoms with Gasteiger partial charge in [0, 0.05) is 21.8 Å². The van der Waals surface area contributed by atoms with Crippen LogP contribution in [0.4, 0.5) is 0 Å². The Morgan fingerprint density at radius 2 is 1.40 bits per heavy atom. The summed E-state index contributed by atoms with van der Waals surface area (Å²) < 4.78 is 2.12. The van der Waals surface area contributed by atoms with Crippen molar-refractivity contribution in [3.8, 4) is 28.5 Å². The van der Waals surface area contributed by atoms with Crippen molar-refractivity contribution < 1.29 is 0 Å². The van der Waals surface area contributed by atoms with Crippen molar-refractivity contribution in [3.05, 3.63) is 107 Å². The zero-order chi connectivity index (χ0) is 23.7. The van der Waals surface area contributed by atoms with Gasteiger partial charge in [0.05, 0.1) is 11.0 Å². The van der Waals surface area contributed by atoms with Crippen LogP contribution in [0.2, 0.25) is 5.28 Å². The molecule has 0 saturated heterocycles. The molecule has 7 rings (SSSR count). The maximum Gasteiger partial charge on any atom is 0.239 e. The fourth-order valence-corrected chi connectivity index (χ4v) is 5.69. The minimum atomic E-state index is -0.104. The summed E-state index contributed by atoms with van der Waals surface area (Å²) in [6.07, 6.45) is 0. The average Bonchev–Trinajstić information content (AvgIpc) is 3.32. The SMILES string of the molecule is CC1(C)c2ccccc2-c2cc3c4ccccc4n(-c4nc(Cl)nc(-c5ccccc5)n4)c3cc21. The highest BCUT2D eigenvalue weighted by molar-refractivity contribution is 6.28. The van der Waals surface area contributed by atoms with Gasteiger partial charge in [0.1, 0.15) is 0 Å². The predicted octanol–water partition coefficient (Wildman–Crippen LogP) is 7.60. The van der Waals surface area contributed by atoms with Crippen LogP contribution in [0.25, 0.3) is 50.3 Å². The third kappa shape index (κ3) is 2.90. The van der Waals surface area contributed by atoms with Gasteiger partial charge in [0.25, 0.3) is 0 Å². The molecule has 1 aliphatic carbocycles. The molecule has 0 saturated carbocycles. The van der Waals surface area contributed by atoms with E-state index in [4.69, 9.17) is 16.6 Å². The Labute approximate surface area is 207 Å². The number of benzene rings is 4. The van der Waals surface area contributed by atoms with Crippen LogP contribution in [0, 0.1) is 0 Å². The van der Waals surface area contributed by atoms with Gasteiger partial charge in [-0.15, -0.1) is 0 Å². The molecule has 0 amide bonds. The topological polar surface area (TPSA) is 43.6 Å². The number of halogens is 1. The minimum Gasteiger partial charge on any atom is -0.278 e. The van der Waals surface area contributed by atoms with Crippen molar-refractivity contribution >= 4 is 33.4 Å². The lowest BCUT2D eigenvalue weighted by atomic mass is 9.82. The van der Waals surface area contributed by atoms with Gasteiger partial charge in [-0.25, -0.2) is 0 Å². The van der Waals surface area contributed by atoms with Crippen LogP contribution >= 0.6 is 11.6 Å². The lowest BCUT2D eigenvalue weighted by Gasteiger charge is -2.21. The maximum absolute atomic E-state index is 6.44. The van der Waals surface area contributed by atoms with E-state index in [-0.39, 0.29) is 10.7 Å². The number of aromatic nitrogens is 4. The van der Waals surface area contributed by atoms with E-state index in [1.165, 1.54) is 27.6 Å². The fraction of sp³-hybridized carbons (Fsp3) is 0.100. The van der Waals surface area contributed by atoms with Crippen LogP contribution in [0.5, 0.6) is 0 Å². The lowest BCUT2D eigenvalue weighted by molar-refractivity contribution is 0.661. The van der Waals surface area contributed by atoms with Gasteiger partial charge < -0.3 is 0 Å². The Hall–Kier alpha value is -4.02. The van der Waals surface area contributed by atoms with E-state index in [0.29, 0.717) is 11.8 Å². The van der Waals surface area contributed by atoms with Crippen molar-refractivity contribution in [3.63, 3.8) is 0 Å². The number of hydrogen-bond acceptors (Lipinski definition) is 3.